The van der Waals surface area contributed by atoms with Crippen LogP contribution in [0.3, 0.4) is 0 Å². The third kappa shape index (κ3) is 4.87. The van der Waals surface area contributed by atoms with E-state index in [4.69, 9.17) is 0 Å². The van der Waals surface area contributed by atoms with Crippen LogP contribution < -0.4 is 14.5 Å². The summed E-state index contributed by atoms with van der Waals surface area (Å²) in [5, 5.41) is 9.89. The van der Waals surface area contributed by atoms with Gasteiger partial charge in [-0.05, 0) is 68.3 Å². The molecule has 8 heteroatoms. The second-order valence-electron chi connectivity index (χ2n) is 8.74. The molecule has 0 saturated carbocycles. The van der Waals surface area contributed by atoms with Crippen molar-refractivity contribution in [1.82, 2.24) is 0 Å². The van der Waals surface area contributed by atoms with Crippen LogP contribution in [0.4, 0.5) is 17.1 Å². The van der Waals surface area contributed by atoms with Crippen molar-refractivity contribution in [3.63, 3.8) is 0 Å². The van der Waals surface area contributed by atoms with Crippen molar-refractivity contribution in [3.8, 4) is 0 Å². The first-order valence-electron chi connectivity index (χ1n) is 11.2. The van der Waals surface area contributed by atoms with E-state index in [0.29, 0.717) is 24.3 Å². The lowest BCUT2D eigenvalue weighted by molar-refractivity contribution is 0.0697. The predicted molar refractivity (Wildman–Crippen MR) is 136 cm³/mol. The van der Waals surface area contributed by atoms with E-state index in [1.165, 1.54) is 17.7 Å². The zero-order valence-corrected chi connectivity index (χ0v) is 20.3. The van der Waals surface area contributed by atoms with Crippen LogP contribution in [0.2, 0.25) is 0 Å². The largest absolute Gasteiger partial charge is 0.478 e. The number of rotatable bonds is 6. The van der Waals surface area contributed by atoms with Crippen LogP contribution >= 0.6 is 0 Å². The first-order chi connectivity index (χ1) is 16.2. The maximum Gasteiger partial charge on any atom is 0.337 e. The van der Waals surface area contributed by atoms with Crippen LogP contribution in [0.15, 0.2) is 71.6 Å². The van der Waals surface area contributed by atoms with Gasteiger partial charge in [-0.2, -0.15) is 0 Å². The van der Waals surface area contributed by atoms with Gasteiger partial charge in [-0.3, -0.25) is 4.72 Å². The summed E-state index contributed by atoms with van der Waals surface area (Å²) in [7, 11) is -3.84. The number of carboxylic acid groups (broad SMARTS) is 1. The highest BCUT2D eigenvalue weighted by molar-refractivity contribution is 7.92. The molecule has 34 heavy (non-hydrogen) atoms. The van der Waals surface area contributed by atoms with Crippen molar-refractivity contribution < 1.29 is 18.3 Å². The monoisotopic (exact) mass is 479 g/mol. The van der Waals surface area contributed by atoms with E-state index >= 15 is 0 Å². The Kier molecular flexibility index (Phi) is 6.52. The molecular weight excluding hydrogens is 450 g/mol. The van der Waals surface area contributed by atoms with E-state index in [-0.39, 0.29) is 22.2 Å². The molecule has 3 aromatic rings. The third-order valence-corrected chi connectivity index (χ3v) is 7.71. The topological polar surface area (TPSA) is 90.0 Å². The Morgan fingerprint density at radius 2 is 1.76 bits per heavy atom. The molecule has 0 bridgehead atoms. The molecule has 1 atom stereocenters. The number of carboxylic acids is 1. The molecule has 0 spiro atoms. The van der Waals surface area contributed by atoms with Gasteiger partial charge in [-0.15, -0.1) is 0 Å². The molecule has 1 fully saturated rings. The Hall–Kier alpha value is -3.52. The molecule has 0 aliphatic carbocycles. The molecule has 7 nitrogen and oxygen atoms in total. The number of sulfonamides is 1. The van der Waals surface area contributed by atoms with Crippen molar-refractivity contribution >= 4 is 33.1 Å². The molecule has 1 aliphatic heterocycles. The summed E-state index contributed by atoms with van der Waals surface area (Å²) in [5.74, 6) is -1.10. The first kappa shape index (κ1) is 23.6. The molecule has 4 rings (SSSR count). The number of piperazine rings is 1. The quantitative estimate of drug-likeness (QED) is 0.540. The van der Waals surface area contributed by atoms with Crippen LogP contribution in [0.5, 0.6) is 0 Å². The molecule has 0 radical (unpaired) electrons. The van der Waals surface area contributed by atoms with Crippen molar-refractivity contribution in [2.75, 3.05) is 34.2 Å². The van der Waals surface area contributed by atoms with Gasteiger partial charge in [-0.25, -0.2) is 13.2 Å². The first-order valence-corrected chi connectivity index (χ1v) is 12.7. The summed E-state index contributed by atoms with van der Waals surface area (Å²) >= 11 is 0. The molecule has 2 N–H and O–H groups in total. The number of aromatic carboxylic acids is 1. The third-order valence-electron chi connectivity index (χ3n) is 6.16. The van der Waals surface area contributed by atoms with Crippen molar-refractivity contribution in [2.24, 2.45) is 0 Å². The highest BCUT2D eigenvalue weighted by Crippen LogP contribution is 2.30. The highest BCUT2D eigenvalue weighted by atomic mass is 32.2. The molecule has 1 heterocycles. The lowest BCUT2D eigenvalue weighted by Gasteiger charge is -2.42. The number of benzene rings is 3. The highest BCUT2D eigenvalue weighted by Gasteiger charge is 2.27. The Morgan fingerprint density at radius 1 is 1.00 bits per heavy atom. The van der Waals surface area contributed by atoms with Gasteiger partial charge in [-0.1, -0.05) is 30.3 Å². The lowest BCUT2D eigenvalue weighted by Crippen LogP contribution is -2.52. The summed E-state index contributed by atoms with van der Waals surface area (Å²) in [6.07, 6.45) is 0. The molecular formula is C26H29N3O4S. The lowest BCUT2D eigenvalue weighted by atomic mass is 10.1. The average molecular weight is 480 g/mol. The normalized spacial score (nSPS) is 16.4. The Morgan fingerprint density at radius 3 is 2.44 bits per heavy atom. The number of nitrogens with one attached hydrogen (secondary N) is 1. The second kappa shape index (κ2) is 9.38. The van der Waals surface area contributed by atoms with E-state index in [9.17, 15) is 18.3 Å². The minimum atomic E-state index is -3.84. The van der Waals surface area contributed by atoms with Crippen molar-refractivity contribution in [3.05, 3.63) is 83.4 Å². The molecule has 0 unspecified atom stereocenters. The van der Waals surface area contributed by atoms with Gasteiger partial charge >= 0.3 is 5.97 Å². The van der Waals surface area contributed by atoms with Crippen LogP contribution in [0.1, 0.15) is 28.4 Å². The van der Waals surface area contributed by atoms with E-state index in [0.717, 1.165) is 12.2 Å². The van der Waals surface area contributed by atoms with Gasteiger partial charge in [0.2, 0.25) is 0 Å². The van der Waals surface area contributed by atoms with Gasteiger partial charge in [0.1, 0.15) is 0 Å². The maximum absolute atomic E-state index is 12.9. The average Bonchev–Trinajstić information content (AvgIpc) is 2.79. The fraction of sp³-hybridized carbons (Fsp3) is 0.269. The van der Waals surface area contributed by atoms with Gasteiger partial charge in [0, 0.05) is 37.1 Å². The molecule has 1 aliphatic rings. The van der Waals surface area contributed by atoms with Gasteiger partial charge in [0.25, 0.3) is 10.0 Å². The second-order valence-corrected chi connectivity index (χ2v) is 10.4. The zero-order valence-electron chi connectivity index (χ0n) is 19.5. The molecule has 3 aromatic carbocycles. The maximum atomic E-state index is 12.9. The van der Waals surface area contributed by atoms with Gasteiger partial charge in [0.15, 0.2) is 0 Å². The number of aryl methyl sites for hydroxylation is 2. The summed E-state index contributed by atoms with van der Waals surface area (Å²) in [6, 6.07) is 19.9. The number of hydrogen-bond donors (Lipinski definition) is 2. The Balaban J connectivity index is 1.57. The fourth-order valence-corrected chi connectivity index (χ4v) is 5.78. The summed E-state index contributed by atoms with van der Waals surface area (Å²) in [6.45, 7) is 7.98. The minimum absolute atomic E-state index is 0.0705. The number of carbonyl (C=O) groups is 1. The van der Waals surface area contributed by atoms with Crippen LogP contribution in [-0.4, -0.2) is 45.2 Å². The zero-order chi connectivity index (χ0) is 24.5. The Bertz CT molecular complexity index is 1320. The number of nitrogens with zero attached hydrogens (tertiary/aromatic N) is 2. The molecule has 178 valence electrons. The predicted octanol–water partition coefficient (Wildman–Crippen LogP) is 4.52. The van der Waals surface area contributed by atoms with E-state index < -0.39 is 16.0 Å². The van der Waals surface area contributed by atoms with Crippen molar-refractivity contribution in [1.29, 1.82) is 0 Å². The summed E-state index contributed by atoms with van der Waals surface area (Å²) < 4.78 is 28.2. The van der Waals surface area contributed by atoms with Gasteiger partial charge < -0.3 is 14.9 Å². The van der Waals surface area contributed by atoms with Crippen LogP contribution in [0.25, 0.3) is 0 Å². The standard InChI is InChI=1S/C26H29N3O4S/c1-18-7-6-9-22(15-18)29-14-13-28(17-20(29)3)24-12-11-21(16-23(24)26(30)31)27-34(32,33)25-10-5-4-8-19(25)2/h4-12,15-16,20,27H,13-14,17H2,1-3H3,(H,30,31)/t20-/m1/s1. The number of hydrogen-bond acceptors (Lipinski definition) is 5. The fourth-order valence-electron chi connectivity index (χ4n) is 4.48. The van der Waals surface area contributed by atoms with E-state index in [1.807, 2.05) is 6.07 Å². The number of anilines is 3. The van der Waals surface area contributed by atoms with Crippen molar-refractivity contribution in [2.45, 2.75) is 31.7 Å². The SMILES string of the molecule is Cc1cccc(N2CCN(c3ccc(NS(=O)(=O)c4ccccc4C)cc3C(=O)O)C[C@H]2C)c1. The minimum Gasteiger partial charge on any atom is -0.478 e. The van der Waals surface area contributed by atoms with E-state index in [2.05, 4.69) is 46.6 Å². The van der Waals surface area contributed by atoms with Crippen LogP contribution in [-0.2, 0) is 10.0 Å². The molecule has 0 amide bonds. The smallest absolute Gasteiger partial charge is 0.337 e. The Labute approximate surface area is 200 Å². The molecule has 0 aromatic heterocycles. The summed E-state index contributed by atoms with van der Waals surface area (Å²) in [4.78, 5) is 16.6. The van der Waals surface area contributed by atoms with Crippen LogP contribution in [0, 0.1) is 13.8 Å². The molecule has 1 saturated heterocycles. The van der Waals surface area contributed by atoms with E-state index in [1.54, 1.807) is 37.3 Å². The van der Waals surface area contributed by atoms with Gasteiger partial charge in [0.05, 0.1) is 16.1 Å². The summed E-state index contributed by atoms with van der Waals surface area (Å²) in [5.41, 5.74) is 3.85.